The quantitative estimate of drug-likeness (QED) is 0.325. The number of anilines is 1. The second kappa shape index (κ2) is 12.7. The highest BCUT2D eigenvalue weighted by molar-refractivity contribution is 8.04. The van der Waals surface area contributed by atoms with Crippen LogP contribution in [-0.4, -0.2) is 42.9 Å². The van der Waals surface area contributed by atoms with Crippen LogP contribution in [0.4, 0.5) is 5.69 Å². The fraction of sp³-hybridized carbons (Fsp3) is 0.333. The van der Waals surface area contributed by atoms with Crippen LogP contribution < -0.4 is 10.2 Å². The zero-order chi connectivity index (χ0) is 27.2. The molecule has 1 saturated carbocycles. The van der Waals surface area contributed by atoms with Crippen molar-refractivity contribution >= 4 is 35.3 Å². The molecule has 5 rings (SSSR count). The topological polar surface area (TPSA) is 52.7 Å². The highest BCUT2D eigenvalue weighted by Gasteiger charge is 2.30. The number of nitrogens with one attached hydrogen (secondary N) is 1. The monoisotopic (exact) mass is 539 g/mol. The lowest BCUT2D eigenvalue weighted by molar-refractivity contribution is -0.114. The van der Waals surface area contributed by atoms with Gasteiger partial charge < -0.3 is 15.1 Å². The predicted octanol–water partition coefficient (Wildman–Crippen LogP) is 6.67. The molecule has 2 aliphatic rings. The molecule has 0 saturated heterocycles. The van der Waals surface area contributed by atoms with Gasteiger partial charge >= 0.3 is 0 Å². The van der Waals surface area contributed by atoms with E-state index in [-0.39, 0.29) is 11.8 Å². The molecule has 3 aromatic rings. The maximum Gasteiger partial charge on any atom is 0.265 e. The number of benzene rings is 3. The molecule has 1 N–H and O–H groups in total. The molecule has 0 aromatic heterocycles. The largest absolute Gasteiger partial charge is 0.351 e. The molecule has 2 amide bonds. The number of hydrogen-bond acceptors (Lipinski definition) is 4. The number of thioether (sulfide) groups is 1. The van der Waals surface area contributed by atoms with Gasteiger partial charge in [0.1, 0.15) is 0 Å². The van der Waals surface area contributed by atoms with Gasteiger partial charge in [-0.05, 0) is 62.2 Å². The van der Waals surface area contributed by atoms with E-state index in [2.05, 4.69) is 36.3 Å². The summed E-state index contributed by atoms with van der Waals surface area (Å²) in [5.74, 6) is -0.155. The summed E-state index contributed by atoms with van der Waals surface area (Å²) in [7, 11) is 2.16. The second-order valence-electron chi connectivity index (χ2n) is 10.6. The van der Waals surface area contributed by atoms with Crippen molar-refractivity contribution in [2.75, 3.05) is 25.0 Å². The van der Waals surface area contributed by atoms with Crippen molar-refractivity contribution in [1.82, 2.24) is 10.2 Å². The molecular formula is C33H37N3O2S. The molecule has 3 aromatic carbocycles. The number of fused-ring (bicyclic) bond motifs is 1. The molecule has 1 fully saturated rings. The van der Waals surface area contributed by atoms with Crippen LogP contribution in [0.2, 0.25) is 0 Å². The number of carbonyl (C=O) groups excluding carboxylic acids is 2. The third-order valence-electron chi connectivity index (χ3n) is 7.66. The van der Waals surface area contributed by atoms with Crippen LogP contribution in [0.1, 0.15) is 59.2 Å². The van der Waals surface area contributed by atoms with E-state index < -0.39 is 0 Å². The van der Waals surface area contributed by atoms with E-state index in [1.54, 1.807) is 0 Å². The number of aryl methyl sites for hydroxylation is 1. The average Bonchev–Trinajstić information content (AvgIpc) is 2.96. The summed E-state index contributed by atoms with van der Waals surface area (Å²) in [6.45, 7) is 3.94. The summed E-state index contributed by atoms with van der Waals surface area (Å²) < 4.78 is 0. The van der Waals surface area contributed by atoms with Gasteiger partial charge in [-0.25, -0.2) is 0 Å². The van der Waals surface area contributed by atoms with Crippen molar-refractivity contribution in [3.8, 4) is 0 Å². The van der Waals surface area contributed by atoms with Gasteiger partial charge in [-0.3, -0.25) is 9.59 Å². The Hall–Kier alpha value is -3.35. The van der Waals surface area contributed by atoms with Gasteiger partial charge in [0.05, 0.1) is 17.1 Å². The van der Waals surface area contributed by atoms with Gasteiger partial charge in [-0.15, -0.1) is 0 Å². The first-order valence-electron chi connectivity index (χ1n) is 13.9. The van der Waals surface area contributed by atoms with Gasteiger partial charge in [-0.2, -0.15) is 0 Å². The van der Waals surface area contributed by atoms with Crippen LogP contribution in [0, 0.1) is 6.92 Å². The smallest absolute Gasteiger partial charge is 0.265 e. The lowest BCUT2D eigenvalue weighted by Gasteiger charge is -2.31. The van der Waals surface area contributed by atoms with Gasteiger partial charge in [-0.1, -0.05) is 91.2 Å². The van der Waals surface area contributed by atoms with Crippen molar-refractivity contribution in [3.63, 3.8) is 0 Å². The first-order valence-corrected chi connectivity index (χ1v) is 14.7. The third-order valence-corrected chi connectivity index (χ3v) is 8.73. The van der Waals surface area contributed by atoms with E-state index in [4.69, 9.17) is 0 Å². The van der Waals surface area contributed by atoms with Crippen LogP contribution >= 0.6 is 11.8 Å². The lowest BCUT2D eigenvalue weighted by atomic mass is 9.94. The number of amides is 2. The Morgan fingerprint density at radius 3 is 2.59 bits per heavy atom. The maximum absolute atomic E-state index is 13.8. The van der Waals surface area contributed by atoms with E-state index in [0.29, 0.717) is 29.6 Å². The molecule has 1 heterocycles. The van der Waals surface area contributed by atoms with Crippen LogP contribution in [-0.2, 0) is 11.3 Å². The first kappa shape index (κ1) is 27.2. The number of carbonyl (C=O) groups is 2. The summed E-state index contributed by atoms with van der Waals surface area (Å²) in [5.41, 5.74) is 4.55. The highest BCUT2D eigenvalue weighted by Crippen LogP contribution is 2.43. The molecule has 0 spiro atoms. The van der Waals surface area contributed by atoms with Crippen LogP contribution in [0.25, 0.3) is 6.08 Å². The van der Waals surface area contributed by atoms with Crippen molar-refractivity contribution in [3.05, 3.63) is 100.0 Å². The molecule has 1 aliphatic carbocycles. The second-order valence-corrected chi connectivity index (χ2v) is 11.7. The molecule has 1 aliphatic heterocycles. The molecule has 6 heteroatoms. The molecule has 39 heavy (non-hydrogen) atoms. The molecule has 0 bridgehead atoms. The van der Waals surface area contributed by atoms with Crippen molar-refractivity contribution in [2.24, 2.45) is 0 Å². The van der Waals surface area contributed by atoms with E-state index in [9.17, 15) is 9.59 Å². The van der Waals surface area contributed by atoms with Crippen molar-refractivity contribution in [1.29, 1.82) is 0 Å². The molecule has 0 radical (unpaired) electrons. The molecule has 0 unspecified atom stereocenters. The summed E-state index contributed by atoms with van der Waals surface area (Å²) in [5, 5.41) is 3.10. The predicted molar refractivity (Wildman–Crippen MR) is 161 cm³/mol. The highest BCUT2D eigenvalue weighted by atomic mass is 32.2. The van der Waals surface area contributed by atoms with E-state index >= 15 is 0 Å². The fourth-order valence-electron chi connectivity index (χ4n) is 5.45. The minimum Gasteiger partial charge on any atom is -0.351 e. The Labute approximate surface area is 236 Å². The zero-order valence-corrected chi connectivity index (χ0v) is 23.7. The fourth-order valence-corrected chi connectivity index (χ4v) is 6.49. The van der Waals surface area contributed by atoms with Gasteiger partial charge in [0.2, 0.25) is 0 Å². The zero-order valence-electron chi connectivity index (χ0n) is 22.9. The van der Waals surface area contributed by atoms with Crippen molar-refractivity contribution in [2.45, 2.75) is 56.5 Å². The third kappa shape index (κ3) is 6.81. The van der Waals surface area contributed by atoms with Crippen LogP contribution in [0.5, 0.6) is 0 Å². The molecule has 0 atom stereocenters. The maximum atomic E-state index is 13.8. The van der Waals surface area contributed by atoms with E-state index in [1.807, 2.05) is 71.6 Å². The Morgan fingerprint density at radius 2 is 1.82 bits per heavy atom. The molecular weight excluding hydrogens is 502 g/mol. The first-order chi connectivity index (χ1) is 19.0. The van der Waals surface area contributed by atoms with E-state index in [1.165, 1.54) is 43.9 Å². The van der Waals surface area contributed by atoms with Gasteiger partial charge in [0, 0.05) is 29.6 Å². The Balaban J connectivity index is 1.36. The number of likely N-dealkylation sites (N-methyl/N-ethyl adjacent to an activating group) is 1. The summed E-state index contributed by atoms with van der Waals surface area (Å²) in [6.07, 6.45) is 8.38. The Morgan fingerprint density at radius 1 is 1.03 bits per heavy atom. The van der Waals surface area contributed by atoms with Crippen LogP contribution in [0.3, 0.4) is 0 Å². The molecule has 202 valence electrons. The summed E-state index contributed by atoms with van der Waals surface area (Å²) in [4.78, 5) is 32.8. The average molecular weight is 540 g/mol. The summed E-state index contributed by atoms with van der Waals surface area (Å²) >= 11 is 1.47. The normalized spacial score (nSPS) is 16.9. The molecule has 5 nitrogen and oxygen atoms in total. The van der Waals surface area contributed by atoms with E-state index in [0.717, 1.165) is 33.8 Å². The SMILES string of the molecule is Cc1cccc(CN2C(=O)/C(=C\c3ccccc3)Sc3ccc(C(=O)NCCN(C)C4CCCCC4)cc32)c1. The Bertz CT molecular complexity index is 1350. The van der Waals surface area contributed by atoms with Crippen LogP contribution in [0.15, 0.2) is 82.6 Å². The minimum atomic E-state index is -0.103. The number of rotatable bonds is 8. The van der Waals surface area contributed by atoms with Gasteiger partial charge in [0.25, 0.3) is 11.8 Å². The minimum absolute atomic E-state index is 0.0514. The number of hydrogen-bond donors (Lipinski definition) is 1. The summed E-state index contributed by atoms with van der Waals surface area (Å²) in [6, 6.07) is 24.5. The lowest BCUT2D eigenvalue weighted by Crippen LogP contribution is -2.39. The standard InChI is InChI=1S/C33H37N3O2S/c1-24-10-9-13-26(20-24)23-36-29-22-27(32(37)34-18-19-35(2)28-14-7-4-8-15-28)16-17-30(29)39-31(33(36)38)21-25-11-5-3-6-12-25/h3,5-6,9-13,16-17,20-22,28H,4,7-8,14-15,18-19,23H2,1-2H3,(H,34,37)/b31-21+. The Kier molecular flexibility index (Phi) is 8.84. The van der Waals surface area contributed by atoms with Gasteiger partial charge in [0.15, 0.2) is 0 Å². The van der Waals surface area contributed by atoms with Crippen molar-refractivity contribution < 1.29 is 9.59 Å². The number of nitrogens with zero attached hydrogens (tertiary/aromatic N) is 2.